The predicted molar refractivity (Wildman–Crippen MR) is 123 cm³/mol. The lowest BCUT2D eigenvalue weighted by Gasteiger charge is -2.34. The van der Waals surface area contributed by atoms with E-state index in [0.29, 0.717) is 29.1 Å². The van der Waals surface area contributed by atoms with Crippen LogP contribution in [0.2, 0.25) is 0 Å². The van der Waals surface area contributed by atoms with Crippen LogP contribution >= 0.6 is 0 Å². The number of anilines is 1. The minimum Gasteiger partial charge on any atom is -0.496 e. The average Bonchev–Trinajstić information content (AvgIpc) is 3.23. The summed E-state index contributed by atoms with van der Waals surface area (Å²) in [5.41, 5.74) is 3.32. The van der Waals surface area contributed by atoms with Gasteiger partial charge in [-0.05, 0) is 37.1 Å². The molecule has 172 valence electrons. The molecule has 0 saturated heterocycles. The number of amides is 3. The Bertz CT molecular complexity index is 1110. The van der Waals surface area contributed by atoms with Gasteiger partial charge in [-0.15, -0.1) is 0 Å². The number of carbonyl (C=O) groups is 3. The van der Waals surface area contributed by atoms with E-state index in [0.717, 1.165) is 12.1 Å². The van der Waals surface area contributed by atoms with Crippen molar-refractivity contribution in [3.8, 4) is 5.75 Å². The number of carbonyl (C=O) groups excluding carboxylic acids is 3. The van der Waals surface area contributed by atoms with Crippen LogP contribution in [0, 0.1) is 0 Å². The number of methoxy groups -OCH3 is 1. The minimum absolute atomic E-state index is 0.0577. The standard InChI is InChI=1S/C25H27N3O5/c1-4-16-10-12-17(13-11-16)27(5-2)21(29)14-28-19-15-33-24(30)22(19)23(26-25(28)31)18-8-6-7-9-20(18)32-3/h6-13,23H,4-5,14-15H2,1-3H3,(H,26,31). The normalized spacial score (nSPS) is 17.4. The first-order valence-electron chi connectivity index (χ1n) is 11.0. The molecule has 1 N–H and O–H groups in total. The highest BCUT2D eigenvalue weighted by Crippen LogP contribution is 2.38. The lowest BCUT2D eigenvalue weighted by molar-refractivity contribution is -0.136. The third kappa shape index (κ3) is 4.16. The summed E-state index contributed by atoms with van der Waals surface area (Å²) in [7, 11) is 1.53. The second-order valence-electron chi connectivity index (χ2n) is 7.81. The van der Waals surface area contributed by atoms with E-state index in [1.54, 1.807) is 17.0 Å². The van der Waals surface area contributed by atoms with Gasteiger partial charge < -0.3 is 19.7 Å². The Labute approximate surface area is 192 Å². The van der Waals surface area contributed by atoms with Gasteiger partial charge in [-0.1, -0.05) is 37.3 Å². The van der Waals surface area contributed by atoms with Crippen molar-refractivity contribution in [3.63, 3.8) is 0 Å². The maximum absolute atomic E-state index is 13.2. The maximum Gasteiger partial charge on any atom is 0.338 e. The predicted octanol–water partition coefficient (Wildman–Crippen LogP) is 3.19. The fourth-order valence-corrected chi connectivity index (χ4v) is 4.25. The quantitative estimate of drug-likeness (QED) is 0.656. The largest absolute Gasteiger partial charge is 0.496 e. The van der Waals surface area contributed by atoms with Crippen molar-refractivity contribution in [2.24, 2.45) is 0 Å². The van der Waals surface area contributed by atoms with Crippen molar-refractivity contribution in [2.45, 2.75) is 26.3 Å². The molecule has 2 heterocycles. The average molecular weight is 450 g/mol. The van der Waals surface area contributed by atoms with Crippen molar-refractivity contribution < 1.29 is 23.9 Å². The molecular weight excluding hydrogens is 422 g/mol. The highest BCUT2D eigenvalue weighted by molar-refractivity contribution is 6.01. The van der Waals surface area contributed by atoms with Gasteiger partial charge in [0.2, 0.25) is 5.91 Å². The lowest BCUT2D eigenvalue weighted by Crippen LogP contribution is -2.51. The van der Waals surface area contributed by atoms with Crippen molar-refractivity contribution in [2.75, 3.05) is 31.7 Å². The van der Waals surface area contributed by atoms with Gasteiger partial charge in [0.15, 0.2) is 0 Å². The fraction of sp³-hybridized carbons (Fsp3) is 0.320. The van der Waals surface area contributed by atoms with Crippen LogP contribution in [0.3, 0.4) is 0 Å². The first-order chi connectivity index (χ1) is 16.0. The van der Waals surface area contributed by atoms with Crippen LogP contribution in [0.4, 0.5) is 10.5 Å². The summed E-state index contributed by atoms with van der Waals surface area (Å²) in [6.07, 6.45) is 0.909. The Kier molecular flexibility index (Phi) is 6.35. The number of cyclic esters (lactones) is 1. The lowest BCUT2D eigenvalue weighted by atomic mass is 9.95. The van der Waals surface area contributed by atoms with Crippen LogP contribution in [0.5, 0.6) is 5.75 Å². The number of nitrogens with zero attached hydrogens (tertiary/aromatic N) is 2. The monoisotopic (exact) mass is 449 g/mol. The number of aryl methyl sites for hydroxylation is 1. The molecule has 2 aromatic carbocycles. The van der Waals surface area contributed by atoms with Crippen molar-refractivity contribution in [3.05, 3.63) is 70.9 Å². The van der Waals surface area contributed by atoms with Gasteiger partial charge in [0.25, 0.3) is 0 Å². The van der Waals surface area contributed by atoms with E-state index in [1.165, 1.54) is 17.6 Å². The number of rotatable bonds is 7. The second-order valence-corrected chi connectivity index (χ2v) is 7.81. The number of para-hydroxylation sites is 1. The van der Waals surface area contributed by atoms with Crippen LogP contribution in [0.25, 0.3) is 0 Å². The number of nitrogens with one attached hydrogen (secondary N) is 1. The summed E-state index contributed by atoms with van der Waals surface area (Å²) in [5, 5.41) is 2.85. The number of esters is 1. The number of hydrogen-bond donors (Lipinski definition) is 1. The smallest absolute Gasteiger partial charge is 0.338 e. The van der Waals surface area contributed by atoms with E-state index in [-0.39, 0.29) is 19.1 Å². The van der Waals surface area contributed by atoms with Crippen molar-refractivity contribution in [1.82, 2.24) is 10.2 Å². The molecule has 0 fully saturated rings. The zero-order valence-corrected chi connectivity index (χ0v) is 19.0. The van der Waals surface area contributed by atoms with E-state index >= 15 is 0 Å². The molecule has 0 spiro atoms. The number of urea groups is 1. The summed E-state index contributed by atoms with van der Waals surface area (Å²) >= 11 is 0. The van der Waals surface area contributed by atoms with Gasteiger partial charge in [-0.3, -0.25) is 9.69 Å². The summed E-state index contributed by atoms with van der Waals surface area (Å²) in [6.45, 7) is 4.14. The number of hydrogen-bond acceptors (Lipinski definition) is 5. The molecule has 0 radical (unpaired) electrons. The maximum atomic E-state index is 13.2. The number of benzene rings is 2. The summed E-state index contributed by atoms with van der Waals surface area (Å²) in [5.74, 6) is -0.216. The molecule has 0 bridgehead atoms. The first kappa shape index (κ1) is 22.4. The Morgan fingerprint density at radius 3 is 2.55 bits per heavy atom. The molecule has 4 rings (SSSR count). The van der Waals surface area contributed by atoms with E-state index in [4.69, 9.17) is 9.47 Å². The van der Waals surface area contributed by atoms with Crippen LogP contribution in [-0.2, 0) is 20.7 Å². The van der Waals surface area contributed by atoms with Gasteiger partial charge in [0, 0.05) is 17.8 Å². The zero-order valence-electron chi connectivity index (χ0n) is 19.0. The Morgan fingerprint density at radius 2 is 1.88 bits per heavy atom. The van der Waals surface area contributed by atoms with Gasteiger partial charge in [-0.2, -0.15) is 0 Å². The summed E-state index contributed by atoms with van der Waals surface area (Å²) in [4.78, 5) is 41.8. The second kappa shape index (κ2) is 9.36. The molecule has 2 aliphatic heterocycles. The number of likely N-dealkylation sites (N-methyl/N-ethyl adjacent to an activating group) is 1. The minimum atomic E-state index is -0.714. The van der Waals surface area contributed by atoms with Crippen LogP contribution in [0.15, 0.2) is 59.8 Å². The van der Waals surface area contributed by atoms with E-state index < -0.39 is 18.0 Å². The van der Waals surface area contributed by atoms with Gasteiger partial charge in [0.1, 0.15) is 18.9 Å². The fourth-order valence-electron chi connectivity index (χ4n) is 4.25. The van der Waals surface area contributed by atoms with Gasteiger partial charge >= 0.3 is 12.0 Å². The molecule has 1 atom stereocenters. The summed E-state index contributed by atoms with van der Waals surface area (Å²) < 4.78 is 10.7. The molecule has 0 aliphatic carbocycles. The molecule has 1 unspecified atom stereocenters. The Balaban J connectivity index is 1.63. The molecule has 8 heteroatoms. The Hall–Kier alpha value is -3.81. The molecular formula is C25H27N3O5. The third-order valence-electron chi connectivity index (χ3n) is 6.02. The van der Waals surface area contributed by atoms with Crippen LogP contribution < -0.4 is 15.0 Å². The van der Waals surface area contributed by atoms with Gasteiger partial charge in [0.05, 0.1) is 24.4 Å². The molecule has 0 saturated carbocycles. The highest BCUT2D eigenvalue weighted by atomic mass is 16.5. The molecule has 33 heavy (non-hydrogen) atoms. The third-order valence-corrected chi connectivity index (χ3v) is 6.02. The SMILES string of the molecule is CCc1ccc(N(CC)C(=O)CN2C(=O)NC(c3ccccc3OC)C3=C2COC3=O)cc1. The first-order valence-corrected chi connectivity index (χ1v) is 11.0. The highest BCUT2D eigenvalue weighted by Gasteiger charge is 2.43. The molecule has 8 nitrogen and oxygen atoms in total. The van der Waals surface area contributed by atoms with E-state index in [1.807, 2.05) is 43.3 Å². The zero-order chi connectivity index (χ0) is 23.5. The van der Waals surface area contributed by atoms with Crippen molar-refractivity contribution >= 4 is 23.6 Å². The summed E-state index contributed by atoms with van der Waals surface area (Å²) in [6, 6.07) is 13.8. The molecule has 0 aromatic heterocycles. The van der Waals surface area contributed by atoms with Crippen LogP contribution in [0.1, 0.15) is 31.0 Å². The topological polar surface area (TPSA) is 88.2 Å². The molecule has 2 aliphatic rings. The van der Waals surface area contributed by atoms with Gasteiger partial charge in [-0.25, -0.2) is 9.59 Å². The number of ether oxygens (including phenoxy) is 2. The van der Waals surface area contributed by atoms with Crippen LogP contribution in [-0.4, -0.2) is 49.6 Å². The van der Waals surface area contributed by atoms with Crippen molar-refractivity contribution in [1.29, 1.82) is 0 Å². The molecule has 3 amide bonds. The molecule has 2 aromatic rings. The van der Waals surface area contributed by atoms with E-state index in [2.05, 4.69) is 12.2 Å². The van der Waals surface area contributed by atoms with E-state index in [9.17, 15) is 14.4 Å². The Morgan fingerprint density at radius 1 is 1.15 bits per heavy atom.